The lowest BCUT2D eigenvalue weighted by Crippen LogP contribution is -2.42. The molecule has 0 saturated carbocycles. The Kier molecular flexibility index (Phi) is 6.04. The van der Waals surface area contributed by atoms with Gasteiger partial charge in [-0.25, -0.2) is 4.98 Å². The number of methoxy groups -OCH3 is 1. The van der Waals surface area contributed by atoms with E-state index in [0.29, 0.717) is 12.6 Å². The fourth-order valence-corrected chi connectivity index (χ4v) is 3.76. The van der Waals surface area contributed by atoms with Crippen LogP contribution in [-0.2, 0) is 17.8 Å². The lowest BCUT2D eigenvalue weighted by Gasteiger charge is -2.34. The molecule has 28 heavy (non-hydrogen) atoms. The van der Waals surface area contributed by atoms with E-state index in [1.807, 2.05) is 18.6 Å². The van der Waals surface area contributed by atoms with Gasteiger partial charge in [-0.05, 0) is 31.0 Å². The number of aromatic amines is 1. The maximum Gasteiger partial charge on any atom is 0.0949 e. The van der Waals surface area contributed by atoms with E-state index >= 15 is 0 Å². The molecule has 0 amide bonds. The standard InChI is InChI=1S/C21H28N6O/c1-28-12-11-27-16-22-14-20(27)15-23-18-6-9-26(10-7-18)19-4-2-3-17(13-19)21-5-8-24-25-21/h2-5,8,13-14,16,18,23H,6-7,9-12,15H2,1H3,(H,24,25). The zero-order valence-electron chi connectivity index (χ0n) is 16.3. The largest absolute Gasteiger partial charge is 0.383 e. The number of hydrogen-bond donors (Lipinski definition) is 2. The molecule has 1 aliphatic heterocycles. The van der Waals surface area contributed by atoms with Crippen LogP contribution in [0.5, 0.6) is 0 Å². The van der Waals surface area contributed by atoms with Gasteiger partial charge in [-0.2, -0.15) is 5.10 Å². The molecule has 1 fully saturated rings. The van der Waals surface area contributed by atoms with Crippen LogP contribution in [0.1, 0.15) is 18.5 Å². The minimum Gasteiger partial charge on any atom is -0.383 e. The molecule has 0 spiro atoms. The maximum atomic E-state index is 5.17. The van der Waals surface area contributed by atoms with E-state index in [2.05, 4.69) is 54.2 Å². The van der Waals surface area contributed by atoms with Gasteiger partial charge in [0, 0.05) is 63.0 Å². The quantitative estimate of drug-likeness (QED) is 0.629. The van der Waals surface area contributed by atoms with Gasteiger partial charge in [0.2, 0.25) is 0 Å². The van der Waals surface area contributed by atoms with Crippen molar-refractivity contribution in [2.75, 3.05) is 31.7 Å². The number of imidazole rings is 1. The molecule has 3 heterocycles. The molecule has 1 saturated heterocycles. The normalized spacial score (nSPS) is 15.2. The van der Waals surface area contributed by atoms with Gasteiger partial charge in [0.15, 0.2) is 0 Å². The number of piperidine rings is 1. The van der Waals surface area contributed by atoms with Crippen LogP contribution < -0.4 is 10.2 Å². The molecule has 1 aliphatic rings. The maximum absolute atomic E-state index is 5.17. The highest BCUT2D eigenvalue weighted by atomic mass is 16.5. The van der Waals surface area contributed by atoms with E-state index in [-0.39, 0.29) is 0 Å². The molecule has 148 valence electrons. The van der Waals surface area contributed by atoms with E-state index in [4.69, 9.17) is 4.74 Å². The summed E-state index contributed by atoms with van der Waals surface area (Å²) in [6.45, 7) is 4.53. The van der Waals surface area contributed by atoms with Crippen molar-refractivity contribution in [3.05, 3.63) is 54.7 Å². The smallest absolute Gasteiger partial charge is 0.0949 e. The topological polar surface area (TPSA) is 71.0 Å². The minimum absolute atomic E-state index is 0.540. The fraction of sp³-hybridized carbons (Fsp3) is 0.429. The number of aromatic nitrogens is 4. The summed E-state index contributed by atoms with van der Waals surface area (Å²) < 4.78 is 7.33. The highest BCUT2D eigenvalue weighted by Gasteiger charge is 2.19. The molecule has 0 unspecified atom stereocenters. The van der Waals surface area contributed by atoms with Crippen molar-refractivity contribution in [2.45, 2.75) is 32.0 Å². The third-order valence-electron chi connectivity index (χ3n) is 5.42. The molecular formula is C21H28N6O. The van der Waals surface area contributed by atoms with E-state index in [1.54, 1.807) is 13.3 Å². The summed E-state index contributed by atoms with van der Waals surface area (Å²) in [5, 5.41) is 10.8. The van der Waals surface area contributed by atoms with Crippen molar-refractivity contribution in [2.24, 2.45) is 0 Å². The highest BCUT2D eigenvalue weighted by Crippen LogP contribution is 2.25. The molecule has 0 atom stereocenters. The number of ether oxygens (including phenoxy) is 1. The first-order valence-corrected chi connectivity index (χ1v) is 9.89. The molecule has 7 heteroatoms. The van der Waals surface area contributed by atoms with Gasteiger partial charge in [0.05, 0.1) is 24.3 Å². The minimum atomic E-state index is 0.540. The van der Waals surface area contributed by atoms with Crippen molar-refractivity contribution in [3.63, 3.8) is 0 Å². The Morgan fingerprint density at radius 1 is 1.25 bits per heavy atom. The Morgan fingerprint density at radius 3 is 2.93 bits per heavy atom. The van der Waals surface area contributed by atoms with Gasteiger partial charge in [-0.3, -0.25) is 5.10 Å². The first kappa shape index (κ1) is 18.7. The van der Waals surface area contributed by atoms with Crippen LogP contribution in [0.3, 0.4) is 0 Å². The fourth-order valence-electron chi connectivity index (χ4n) is 3.76. The summed E-state index contributed by atoms with van der Waals surface area (Å²) in [6, 6.07) is 11.2. The summed E-state index contributed by atoms with van der Waals surface area (Å²) >= 11 is 0. The molecule has 7 nitrogen and oxygen atoms in total. The lowest BCUT2D eigenvalue weighted by molar-refractivity contribution is 0.186. The second kappa shape index (κ2) is 9.03. The average molecular weight is 380 g/mol. The first-order chi connectivity index (χ1) is 13.8. The van der Waals surface area contributed by atoms with Crippen molar-refractivity contribution in [1.82, 2.24) is 25.1 Å². The van der Waals surface area contributed by atoms with Crippen LogP contribution in [0.15, 0.2) is 49.1 Å². The monoisotopic (exact) mass is 380 g/mol. The van der Waals surface area contributed by atoms with Crippen molar-refractivity contribution < 1.29 is 4.74 Å². The van der Waals surface area contributed by atoms with Gasteiger partial charge < -0.3 is 19.5 Å². The van der Waals surface area contributed by atoms with Crippen molar-refractivity contribution >= 4 is 5.69 Å². The molecule has 2 N–H and O–H groups in total. The van der Waals surface area contributed by atoms with Crippen LogP contribution in [0.25, 0.3) is 11.3 Å². The zero-order valence-corrected chi connectivity index (χ0v) is 16.3. The van der Waals surface area contributed by atoms with E-state index in [9.17, 15) is 0 Å². The summed E-state index contributed by atoms with van der Waals surface area (Å²) in [7, 11) is 1.73. The highest BCUT2D eigenvalue weighted by molar-refractivity contribution is 5.65. The van der Waals surface area contributed by atoms with E-state index in [1.165, 1.54) is 16.9 Å². The van der Waals surface area contributed by atoms with Crippen LogP contribution in [0, 0.1) is 0 Å². The van der Waals surface area contributed by atoms with Crippen LogP contribution in [0.4, 0.5) is 5.69 Å². The van der Waals surface area contributed by atoms with Gasteiger partial charge in [-0.1, -0.05) is 12.1 Å². The predicted molar refractivity (Wildman–Crippen MR) is 110 cm³/mol. The molecule has 0 radical (unpaired) electrons. The lowest BCUT2D eigenvalue weighted by atomic mass is 10.0. The summed E-state index contributed by atoms with van der Waals surface area (Å²) in [5.41, 5.74) is 4.73. The second-order valence-electron chi connectivity index (χ2n) is 7.23. The van der Waals surface area contributed by atoms with Crippen molar-refractivity contribution in [3.8, 4) is 11.3 Å². The van der Waals surface area contributed by atoms with Crippen LogP contribution >= 0.6 is 0 Å². The molecular weight excluding hydrogens is 352 g/mol. The summed E-state index contributed by atoms with van der Waals surface area (Å²) in [6.07, 6.45) is 7.89. The van der Waals surface area contributed by atoms with E-state index < -0.39 is 0 Å². The molecule has 2 aromatic heterocycles. The molecule has 3 aromatic rings. The molecule has 0 aliphatic carbocycles. The Balaban J connectivity index is 1.29. The zero-order chi connectivity index (χ0) is 19.2. The van der Waals surface area contributed by atoms with Gasteiger partial charge >= 0.3 is 0 Å². The number of nitrogens with zero attached hydrogens (tertiary/aromatic N) is 4. The summed E-state index contributed by atoms with van der Waals surface area (Å²) in [5.74, 6) is 0. The number of anilines is 1. The van der Waals surface area contributed by atoms with Gasteiger partial charge in [0.25, 0.3) is 0 Å². The Morgan fingerprint density at radius 2 is 2.14 bits per heavy atom. The van der Waals surface area contributed by atoms with Crippen molar-refractivity contribution in [1.29, 1.82) is 0 Å². The number of nitrogens with one attached hydrogen (secondary N) is 2. The number of hydrogen-bond acceptors (Lipinski definition) is 5. The Hall–Kier alpha value is -2.64. The SMILES string of the molecule is COCCn1cncc1CNC1CCN(c2cccc(-c3ccn[nH]3)c2)CC1. The number of rotatable bonds is 8. The Bertz CT molecular complexity index is 851. The number of H-pyrrole nitrogens is 1. The second-order valence-corrected chi connectivity index (χ2v) is 7.23. The number of benzene rings is 1. The third-order valence-corrected chi connectivity index (χ3v) is 5.42. The van der Waals surface area contributed by atoms with Crippen LogP contribution in [0.2, 0.25) is 0 Å². The first-order valence-electron chi connectivity index (χ1n) is 9.89. The van der Waals surface area contributed by atoms with E-state index in [0.717, 1.165) is 44.7 Å². The third kappa shape index (κ3) is 4.43. The average Bonchev–Trinajstić information content (AvgIpc) is 3.43. The molecule has 1 aromatic carbocycles. The molecule has 4 rings (SSSR count). The predicted octanol–water partition coefficient (Wildman–Crippen LogP) is 2.68. The van der Waals surface area contributed by atoms with Gasteiger partial charge in [-0.15, -0.1) is 0 Å². The van der Waals surface area contributed by atoms with Gasteiger partial charge in [0.1, 0.15) is 0 Å². The summed E-state index contributed by atoms with van der Waals surface area (Å²) in [4.78, 5) is 6.75. The molecule has 0 bridgehead atoms. The Labute approximate surface area is 165 Å². The van der Waals surface area contributed by atoms with Crippen LogP contribution in [-0.4, -0.2) is 52.6 Å².